The van der Waals surface area contributed by atoms with Gasteiger partial charge in [-0.25, -0.2) is 0 Å². The number of amides is 2. The Hall–Kier alpha value is -2.63. The molecular formula is C22H20ClN3O2. The van der Waals surface area contributed by atoms with Crippen LogP contribution in [0.15, 0.2) is 48.5 Å². The van der Waals surface area contributed by atoms with Gasteiger partial charge in [0.1, 0.15) is 0 Å². The van der Waals surface area contributed by atoms with Crippen LogP contribution in [0.5, 0.6) is 0 Å². The largest absolute Gasteiger partial charge is 0.357 e. The van der Waals surface area contributed by atoms with Crippen LogP contribution >= 0.6 is 11.6 Å². The Bertz CT molecular complexity index is 1110. The van der Waals surface area contributed by atoms with E-state index >= 15 is 0 Å². The standard InChI is InChI=1S/C22H20ClN3O2/c1-25-19(27)12-18(22(25)28)26-11-10-14-13-6-3-5-9-17(13)24-20(14)21(26)15-7-2-4-8-16(15)23/h2-9,18,21,24H,10-12H2,1H3. The molecule has 2 aliphatic heterocycles. The lowest BCUT2D eigenvalue weighted by molar-refractivity contribution is -0.138. The number of likely N-dealkylation sites (tertiary alicyclic amines) is 1. The van der Waals surface area contributed by atoms with Gasteiger partial charge in [-0.2, -0.15) is 0 Å². The molecule has 2 aromatic carbocycles. The molecule has 0 radical (unpaired) electrons. The van der Waals surface area contributed by atoms with Crippen LogP contribution in [0.2, 0.25) is 5.02 Å². The molecule has 5 nitrogen and oxygen atoms in total. The fourth-order valence-electron chi connectivity index (χ4n) is 4.62. The highest BCUT2D eigenvalue weighted by atomic mass is 35.5. The summed E-state index contributed by atoms with van der Waals surface area (Å²) in [5, 5.41) is 1.87. The number of imide groups is 1. The second-order valence-electron chi connectivity index (χ2n) is 7.49. The van der Waals surface area contributed by atoms with Crippen molar-refractivity contribution >= 4 is 34.3 Å². The predicted octanol–water partition coefficient (Wildman–Crippen LogP) is 3.53. The maximum absolute atomic E-state index is 12.8. The molecule has 2 amide bonds. The van der Waals surface area contributed by atoms with Crippen molar-refractivity contribution in [2.45, 2.75) is 24.9 Å². The molecule has 1 N–H and O–H groups in total. The van der Waals surface area contributed by atoms with E-state index in [1.54, 1.807) is 7.05 Å². The van der Waals surface area contributed by atoms with E-state index in [1.165, 1.54) is 15.8 Å². The molecule has 5 rings (SSSR count). The van der Waals surface area contributed by atoms with Gasteiger partial charge >= 0.3 is 0 Å². The monoisotopic (exact) mass is 393 g/mol. The Morgan fingerprint density at radius 2 is 1.82 bits per heavy atom. The van der Waals surface area contributed by atoms with Gasteiger partial charge in [-0.1, -0.05) is 48.0 Å². The molecule has 1 fully saturated rings. The fraction of sp³-hybridized carbons (Fsp3) is 0.273. The number of benzene rings is 2. The number of hydrogen-bond acceptors (Lipinski definition) is 3. The third kappa shape index (κ3) is 2.50. The normalized spacial score (nSPS) is 22.9. The molecule has 28 heavy (non-hydrogen) atoms. The van der Waals surface area contributed by atoms with Gasteiger partial charge in [0.15, 0.2) is 0 Å². The van der Waals surface area contributed by atoms with E-state index < -0.39 is 6.04 Å². The van der Waals surface area contributed by atoms with E-state index in [1.807, 2.05) is 36.4 Å². The van der Waals surface area contributed by atoms with Gasteiger partial charge in [0.2, 0.25) is 11.8 Å². The first-order valence-electron chi connectivity index (χ1n) is 9.46. The second kappa shape index (κ2) is 6.47. The van der Waals surface area contributed by atoms with Crippen LogP contribution in [-0.2, 0) is 16.0 Å². The summed E-state index contributed by atoms with van der Waals surface area (Å²) in [7, 11) is 1.56. The number of aromatic nitrogens is 1. The highest BCUT2D eigenvalue weighted by molar-refractivity contribution is 6.31. The predicted molar refractivity (Wildman–Crippen MR) is 108 cm³/mol. The molecular weight excluding hydrogens is 374 g/mol. The first kappa shape index (κ1) is 17.5. The zero-order chi connectivity index (χ0) is 19.4. The highest BCUT2D eigenvalue weighted by Crippen LogP contribution is 2.42. The number of nitrogens with one attached hydrogen (secondary N) is 1. The molecule has 0 bridgehead atoms. The molecule has 0 spiro atoms. The number of rotatable bonds is 2. The molecule has 0 saturated carbocycles. The average molecular weight is 394 g/mol. The molecule has 3 heterocycles. The lowest BCUT2D eigenvalue weighted by atomic mass is 9.90. The summed E-state index contributed by atoms with van der Waals surface area (Å²) in [5.41, 5.74) is 4.36. The van der Waals surface area contributed by atoms with Gasteiger partial charge in [0.05, 0.1) is 18.5 Å². The summed E-state index contributed by atoms with van der Waals surface area (Å²) in [6.07, 6.45) is 1.04. The van der Waals surface area contributed by atoms with E-state index in [0.29, 0.717) is 11.6 Å². The summed E-state index contributed by atoms with van der Waals surface area (Å²) >= 11 is 6.59. The zero-order valence-corrected chi connectivity index (χ0v) is 16.2. The number of fused-ring (bicyclic) bond motifs is 3. The number of H-pyrrole nitrogens is 1. The van der Waals surface area contributed by atoms with Gasteiger partial charge < -0.3 is 4.98 Å². The lowest BCUT2D eigenvalue weighted by Crippen LogP contribution is -2.47. The second-order valence-corrected chi connectivity index (χ2v) is 7.89. The van der Waals surface area contributed by atoms with E-state index in [4.69, 9.17) is 11.6 Å². The van der Waals surface area contributed by atoms with Crippen LogP contribution in [0, 0.1) is 0 Å². The molecule has 6 heteroatoms. The highest BCUT2D eigenvalue weighted by Gasteiger charge is 2.45. The van der Waals surface area contributed by atoms with E-state index in [-0.39, 0.29) is 24.3 Å². The number of carbonyl (C=O) groups excluding carboxylic acids is 2. The van der Waals surface area contributed by atoms with Crippen LogP contribution < -0.4 is 0 Å². The number of nitrogens with zero attached hydrogens (tertiary/aromatic N) is 2. The van der Waals surface area contributed by atoms with E-state index in [9.17, 15) is 9.59 Å². The van der Waals surface area contributed by atoms with Crippen molar-refractivity contribution in [1.82, 2.24) is 14.8 Å². The molecule has 2 atom stereocenters. The van der Waals surface area contributed by atoms with Crippen LogP contribution in [-0.4, -0.2) is 46.2 Å². The van der Waals surface area contributed by atoms with Crippen molar-refractivity contribution in [1.29, 1.82) is 0 Å². The fourth-order valence-corrected chi connectivity index (χ4v) is 4.86. The van der Waals surface area contributed by atoms with Crippen LogP contribution in [0.1, 0.15) is 29.3 Å². The molecule has 2 unspecified atom stereocenters. The number of para-hydroxylation sites is 1. The minimum atomic E-state index is -0.460. The molecule has 1 saturated heterocycles. The van der Waals surface area contributed by atoms with E-state index in [2.05, 4.69) is 22.0 Å². The summed E-state index contributed by atoms with van der Waals surface area (Å²) < 4.78 is 0. The maximum Gasteiger partial charge on any atom is 0.246 e. The Kier molecular flexibility index (Phi) is 4.03. The smallest absolute Gasteiger partial charge is 0.246 e. The van der Waals surface area contributed by atoms with Crippen molar-refractivity contribution in [2.24, 2.45) is 0 Å². The Labute approximate surface area is 167 Å². The summed E-state index contributed by atoms with van der Waals surface area (Å²) in [6.45, 7) is 0.697. The molecule has 3 aromatic rings. The SMILES string of the molecule is CN1C(=O)CC(N2CCc3c([nH]c4ccccc34)C2c2ccccc2Cl)C1=O. The quantitative estimate of drug-likeness (QED) is 0.678. The number of halogens is 1. The number of likely N-dealkylation sites (N-methyl/N-ethyl adjacent to an activating group) is 1. The Morgan fingerprint density at radius 3 is 2.57 bits per heavy atom. The van der Waals surface area contributed by atoms with Crippen LogP contribution in [0.3, 0.4) is 0 Å². The minimum absolute atomic E-state index is 0.129. The Balaban J connectivity index is 1.69. The third-order valence-electron chi connectivity index (χ3n) is 6.03. The number of carbonyl (C=O) groups is 2. The van der Waals surface area contributed by atoms with Gasteiger partial charge in [0, 0.05) is 35.2 Å². The number of hydrogen-bond donors (Lipinski definition) is 1. The first-order valence-corrected chi connectivity index (χ1v) is 9.84. The van der Waals surface area contributed by atoms with Gasteiger partial charge in [-0.3, -0.25) is 19.4 Å². The van der Waals surface area contributed by atoms with Gasteiger partial charge in [0.25, 0.3) is 0 Å². The third-order valence-corrected chi connectivity index (χ3v) is 6.37. The van der Waals surface area contributed by atoms with Crippen LogP contribution in [0.4, 0.5) is 0 Å². The topological polar surface area (TPSA) is 56.4 Å². The maximum atomic E-state index is 12.8. The molecule has 0 aliphatic carbocycles. The molecule has 1 aromatic heterocycles. The summed E-state index contributed by atoms with van der Waals surface area (Å²) in [5.74, 6) is -0.267. The van der Waals surface area contributed by atoms with Crippen molar-refractivity contribution in [3.8, 4) is 0 Å². The summed E-state index contributed by atoms with van der Waals surface area (Å²) in [6, 6.07) is 15.3. The zero-order valence-electron chi connectivity index (χ0n) is 15.5. The van der Waals surface area contributed by atoms with Gasteiger partial charge in [-0.05, 0) is 29.7 Å². The minimum Gasteiger partial charge on any atom is -0.357 e. The van der Waals surface area contributed by atoms with Gasteiger partial charge in [-0.15, -0.1) is 0 Å². The average Bonchev–Trinajstić information content (AvgIpc) is 3.20. The molecule has 2 aliphatic rings. The summed E-state index contributed by atoms with van der Waals surface area (Å²) in [4.78, 5) is 31.9. The number of aromatic amines is 1. The lowest BCUT2D eigenvalue weighted by Gasteiger charge is -2.39. The first-order chi connectivity index (χ1) is 13.6. The van der Waals surface area contributed by atoms with Crippen molar-refractivity contribution < 1.29 is 9.59 Å². The van der Waals surface area contributed by atoms with Crippen LogP contribution in [0.25, 0.3) is 10.9 Å². The van der Waals surface area contributed by atoms with E-state index in [0.717, 1.165) is 23.2 Å². The van der Waals surface area contributed by atoms with Crippen molar-refractivity contribution in [3.05, 3.63) is 70.4 Å². The van der Waals surface area contributed by atoms with Crippen molar-refractivity contribution in [2.75, 3.05) is 13.6 Å². The van der Waals surface area contributed by atoms with Crippen molar-refractivity contribution in [3.63, 3.8) is 0 Å². The molecule has 142 valence electrons. The Morgan fingerprint density at radius 1 is 1.07 bits per heavy atom.